The highest BCUT2D eigenvalue weighted by molar-refractivity contribution is 5.82. The minimum absolute atomic E-state index is 0.0865. The first-order chi connectivity index (χ1) is 11.1. The third-order valence-electron chi connectivity index (χ3n) is 5.00. The first-order valence-corrected chi connectivity index (χ1v) is 8.74. The highest BCUT2D eigenvalue weighted by atomic mass is 16.5. The van der Waals surface area contributed by atoms with E-state index in [1.165, 1.54) is 31.2 Å². The van der Waals surface area contributed by atoms with Gasteiger partial charge in [-0.15, -0.1) is 0 Å². The van der Waals surface area contributed by atoms with E-state index in [1.54, 1.807) is 0 Å². The number of hydrogen-bond acceptors (Lipinski definition) is 3. The van der Waals surface area contributed by atoms with Gasteiger partial charge in [0.1, 0.15) is 6.04 Å². The van der Waals surface area contributed by atoms with Gasteiger partial charge in [-0.25, -0.2) is 0 Å². The van der Waals surface area contributed by atoms with Gasteiger partial charge in [-0.3, -0.25) is 4.79 Å². The Morgan fingerprint density at radius 1 is 1.30 bits per heavy atom. The van der Waals surface area contributed by atoms with Gasteiger partial charge in [-0.1, -0.05) is 42.7 Å². The molecule has 0 spiro atoms. The van der Waals surface area contributed by atoms with Crippen LogP contribution in [0.25, 0.3) is 0 Å². The molecule has 3 N–H and O–H groups in total. The van der Waals surface area contributed by atoms with Crippen molar-refractivity contribution >= 4 is 5.91 Å². The maximum atomic E-state index is 12.4. The number of rotatable bonds is 8. The molecule has 0 radical (unpaired) electrons. The Morgan fingerprint density at radius 2 is 1.96 bits per heavy atom. The lowest BCUT2D eigenvalue weighted by atomic mass is 9.83. The smallest absolute Gasteiger partial charge is 0.241 e. The zero-order chi connectivity index (χ0) is 16.7. The summed E-state index contributed by atoms with van der Waals surface area (Å²) >= 11 is 0. The molecule has 1 fully saturated rings. The van der Waals surface area contributed by atoms with E-state index in [0.717, 1.165) is 25.2 Å². The van der Waals surface area contributed by atoms with E-state index in [1.807, 2.05) is 38.1 Å². The zero-order valence-electron chi connectivity index (χ0n) is 14.4. The number of carbonyl (C=O) groups excluding carboxylic acids is 1. The average Bonchev–Trinajstić information content (AvgIpc) is 3.02. The fraction of sp³-hybridized carbons (Fsp3) is 0.632. The molecule has 1 aliphatic carbocycles. The third-order valence-corrected chi connectivity index (χ3v) is 5.00. The molecule has 23 heavy (non-hydrogen) atoms. The van der Waals surface area contributed by atoms with Crippen molar-refractivity contribution in [1.29, 1.82) is 0 Å². The van der Waals surface area contributed by atoms with Gasteiger partial charge in [-0.05, 0) is 44.1 Å². The summed E-state index contributed by atoms with van der Waals surface area (Å²) in [6.07, 6.45) is 5.83. The molecule has 1 atom stereocenters. The lowest BCUT2D eigenvalue weighted by Gasteiger charge is -2.29. The summed E-state index contributed by atoms with van der Waals surface area (Å²) in [5.74, 6) is -0.0865. The summed E-state index contributed by atoms with van der Waals surface area (Å²) in [7, 11) is 0. The van der Waals surface area contributed by atoms with Gasteiger partial charge in [0.15, 0.2) is 0 Å². The van der Waals surface area contributed by atoms with Gasteiger partial charge in [0.2, 0.25) is 5.91 Å². The van der Waals surface area contributed by atoms with Crippen LogP contribution in [-0.2, 0) is 9.53 Å². The second-order valence-electron chi connectivity index (χ2n) is 6.76. The maximum Gasteiger partial charge on any atom is 0.241 e. The molecular formula is C19H30N2O2. The van der Waals surface area contributed by atoms with Crippen LogP contribution in [0.1, 0.15) is 56.2 Å². The second-order valence-corrected chi connectivity index (χ2v) is 6.76. The van der Waals surface area contributed by atoms with Crippen molar-refractivity contribution in [3.63, 3.8) is 0 Å². The molecule has 0 aliphatic heterocycles. The van der Waals surface area contributed by atoms with E-state index < -0.39 is 6.04 Å². The van der Waals surface area contributed by atoms with Crippen LogP contribution in [0.15, 0.2) is 24.3 Å². The largest absolute Gasteiger partial charge is 0.382 e. The number of nitrogens with one attached hydrogen (secondary N) is 1. The normalized spacial score (nSPS) is 17.9. The summed E-state index contributed by atoms with van der Waals surface area (Å²) in [4.78, 5) is 12.4. The SMILES string of the molecule is CCOCCC1(CNC(=O)C(N)c2ccc(C)cc2)CCCC1. The first-order valence-electron chi connectivity index (χ1n) is 8.74. The Labute approximate surface area is 139 Å². The number of nitrogens with two attached hydrogens (primary N) is 1. The molecule has 1 aromatic carbocycles. The zero-order valence-corrected chi connectivity index (χ0v) is 14.4. The predicted octanol–water partition coefficient (Wildman–Crippen LogP) is 3.10. The first kappa shape index (κ1) is 18.0. The van der Waals surface area contributed by atoms with Crippen LogP contribution >= 0.6 is 0 Å². The molecule has 1 aliphatic rings. The van der Waals surface area contributed by atoms with E-state index in [2.05, 4.69) is 5.32 Å². The predicted molar refractivity (Wildman–Crippen MR) is 93.1 cm³/mol. The molecule has 0 aromatic heterocycles. The summed E-state index contributed by atoms with van der Waals surface area (Å²) < 4.78 is 5.52. The molecule has 1 aromatic rings. The van der Waals surface area contributed by atoms with Gasteiger partial charge < -0.3 is 15.8 Å². The van der Waals surface area contributed by atoms with Crippen LogP contribution in [-0.4, -0.2) is 25.7 Å². The fourth-order valence-corrected chi connectivity index (χ4v) is 3.38. The highest BCUT2D eigenvalue weighted by Crippen LogP contribution is 2.40. The Bertz CT molecular complexity index is 493. The molecule has 4 heteroatoms. The van der Waals surface area contributed by atoms with E-state index in [-0.39, 0.29) is 11.3 Å². The summed E-state index contributed by atoms with van der Waals surface area (Å²) in [6, 6.07) is 7.24. The second kappa shape index (κ2) is 8.46. The number of hydrogen-bond donors (Lipinski definition) is 2. The molecule has 1 unspecified atom stereocenters. The van der Waals surface area contributed by atoms with Gasteiger partial charge in [0.25, 0.3) is 0 Å². The number of amides is 1. The van der Waals surface area contributed by atoms with Crippen molar-refractivity contribution in [2.24, 2.45) is 11.1 Å². The topological polar surface area (TPSA) is 64.3 Å². The highest BCUT2D eigenvalue weighted by Gasteiger charge is 2.34. The van der Waals surface area contributed by atoms with E-state index in [0.29, 0.717) is 6.54 Å². The minimum Gasteiger partial charge on any atom is -0.382 e. The van der Waals surface area contributed by atoms with Crippen LogP contribution in [0, 0.1) is 12.3 Å². The number of aryl methyl sites for hydroxylation is 1. The number of carbonyl (C=O) groups is 1. The van der Waals surface area contributed by atoms with Gasteiger partial charge in [-0.2, -0.15) is 0 Å². The lowest BCUT2D eigenvalue weighted by Crippen LogP contribution is -2.41. The molecule has 4 nitrogen and oxygen atoms in total. The van der Waals surface area contributed by atoms with Crippen LogP contribution in [0.3, 0.4) is 0 Å². The van der Waals surface area contributed by atoms with Crippen LogP contribution in [0.2, 0.25) is 0 Å². The van der Waals surface area contributed by atoms with Crippen molar-refractivity contribution in [3.05, 3.63) is 35.4 Å². The third kappa shape index (κ3) is 5.05. The Kier molecular flexibility index (Phi) is 6.60. The Morgan fingerprint density at radius 3 is 2.57 bits per heavy atom. The van der Waals surface area contributed by atoms with Crippen molar-refractivity contribution in [3.8, 4) is 0 Å². The van der Waals surface area contributed by atoms with Gasteiger partial charge in [0.05, 0.1) is 0 Å². The quantitative estimate of drug-likeness (QED) is 0.724. The van der Waals surface area contributed by atoms with E-state index in [4.69, 9.17) is 10.5 Å². The van der Waals surface area contributed by atoms with Crippen LogP contribution in [0.5, 0.6) is 0 Å². The van der Waals surface area contributed by atoms with E-state index >= 15 is 0 Å². The average molecular weight is 318 g/mol. The van der Waals surface area contributed by atoms with Crippen LogP contribution < -0.4 is 11.1 Å². The molecule has 1 saturated carbocycles. The van der Waals surface area contributed by atoms with Crippen molar-refractivity contribution in [2.75, 3.05) is 19.8 Å². The molecule has 0 bridgehead atoms. The van der Waals surface area contributed by atoms with Crippen molar-refractivity contribution in [2.45, 2.75) is 52.0 Å². The maximum absolute atomic E-state index is 12.4. The van der Waals surface area contributed by atoms with Crippen LogP contribution in [0.4, 0.5) is 0 Å². The number of benzene rings is 1. The molecule has 0 heterocycles. The summed E-state index contributed by atoms with van der Waals surface area (Å²) in [6.45, 7) is 6.27. The standard InChI is InChI=1S/C19H30N2O2/c1-3-23-13-12-19(10-4-5-11-19)14-21-18(22)17(20)16-8-6-15(2)7-9-16/h6-9,17H,3-5,10-14,20H2,1-2H3,(H,21,22). The molecule has 1 amide bonds. The molecular weight excluding hydrogens is 288 g/mol. The molecule has 128 valence electrons. The fourth-order valence-electron chi connectivity index (χ4n) is 3.38. The lowest BCUT2D eigenvalue weighted by molar-refractivity contribution is -0.123. The minimum atomic E-state index is -0.596. The molecule has 2 rings (SSSR count). The Hall–Kier alpha value is -1.39. The van der Waals surface area contributed by atoms with Gasteiger partial charge >= 0.3 is 0 Å². The Balaban J connectivity index is 1.89. The number of ether oxygens (including phenoxy) is 1. The van der Waals surface area contributed by atoms with Crippen molar-refractivity contribution < 1.29 is 9.53 Å². The van der Waals surface area contributed by atoms with Crippen molar-refractivity contribution in [1.82, 2.24) is 5.32 Å². The van der Waals surface area contributed by atoms with E-state index in [9.17, 15) is 4.79 Å². The van der Waals surface area contributed by atoms with Gasteiger partial charge in [0, 0.05) is 19.8 Å². The summed E-state index contributed by atoms with van der Waals surface area (Å²) in [5, 5.41) is 3.09. The summed E-state index contributed by atoms with van der Waals surface area (Å²) in [5.41, 5.74) is 8.33. The monoisotopic (exact) mass is 318 g/mol. The molecule has 0 saturated heterocycles.